The maximum atomic E-state index is 12.5. The van der Waals surface area contributed by atoms with Gasteiger partial charge in [0.1, 0.15) is 0 Å². The van der Waals surface area contributed by atoms with Crippen molar-refractivity contribution in [3.63, 3.8) is 0 Å². The van der Waals surface area contributed by atoms with Crippen molar-refractivity contribution in [2.24, 2.45) is 0 Å². The Hall–Kier alpha value is -2.55. The summed E-state index contributed by atoms with van der Waals surface area (Å²) < 4.78 is 5.25. The molecule has 146 valence electrons. The Morgan fingerprint density at radius 3 is 2.59 bits per heavy atom. The number of amides is 4. The molecule has 1 saturated heterocycles. The summed E-state index contributed by atoms with van der Waals surface area (Å²) in [7, 11) is 0. The monoisotopic (exact) mass is 393 g/mol. The molecular formula is C18H23N3O5S. The number of nitrogens with zero attached hydrogens (tertiary/aromatic N) is 1. The number of esters is 1. The highest BCUT2D eigenvalue weighted by Crippen LogP contribution is 2.23. The topological polar surface area (TPSA) is 105 Å². The molecule has 1 aromatic carbocycles. The molecule has 0 spiro atoms. The number of carbonyl (C=O) groups is 4. The highest BCUT2D eigenvalue weighted by atomic mass is 32.2. The molecule has 4 amide bonds. The first-order valence-corrected chi connectivity index (χ1v) is 9.59. The Labute approximate surface area is 162 Å². The number of imide groups is 1. The van der Waals surface area contributed by atoms with Crippen LogP contribution in [-0.2, 0) is 14.3 Å². The maximum Gasteiger partial charge on any atom is 0.340 e. The first kappa shape index (κ1) is 20.8. The van der Waals surface area contributed by atoms with E-state index in [0.717, 1.165) is 4.90 Å². The summed E-state index contributed by atoms with van der Waals surface area (Å²) in [6.07, 6.45) is -1.09. The number of thioether (sulfide) groups is 1. The van der Waals surface area contributed by atoms with Crippen molar-refractivity contribution in [2.75, 3.05) is 18.8 Å². The minimum Gasteiger partial charge on any atom is -0.449 e. The zero-order valence-electron chi connectivity index (χ0n) is 15.5. The van der Waals surface area contributed by atoms with Crippen molar-refractivity contribution in [1.82, 2.24) is 15.5 Å². The van der Waals surface area contributed by atoms with Crippen LogP contribution in [0, 0.1) is 0 Å². The van der Waals surface area contributed by atoms with Crippen molar-refractivity contribution in [3.8, 4) is 0 Å². The van der Waals surface area contributed by atoms with Gasteiger partial charge < -0.3 is 15.4 Å². The lowest BCUT2D eigenvalue weighted by atomic mass is 10.2. The summed E-state index contributed by atoms with van der Waals surface area (Å²) in [5.41, 5.74) is 0.269. The third-order valence-electron chi connectivity index (χ3n) is 3.67. The second-order valence-electron chi connectivity index (χ2n) is 6.28. The lowest BCUT2D eigenvalue weighted by Crippen LogP contribution is -2.41. The van der Waals surface area contributed by atoms with Crippen molar-refractivity contribution in [1.29, 1.82) is 0 Å². The van der Waals surface area contributed by atoms with Gasteiger partial charge in [0.25, 0.3) is 5.91 Å². The zero-order valence-corrected chi connectivity index (χ0v) is 16.3. The molecule has 0 bridgehead atoms. The number of hydrogen-bond acceptors (Lipinski definition) is 6. The average Bonchev–Trinajstić information content (AvgIpc) is 3.04. The quantitative estimate of drug-likeness (QED) is 0.536. The molecule has 0 radical (unpaired) electrons. The highest BCUT2D eigenvalue weighted by Gasteiger charge is 2.32. The van der Waals surface area contributed by atoms with E-state index >= 15 is 0 Å². The van der Waals surface area contributed by atoms with Crippen LogP contribution in [-0.4, -0.2) is 59.7 Å². The molecule has 1 aromatic rings. The molecule has 1 fully saturated rings. The van der Waals surface area contributed by atoms with Gasteiger partial charge in [-0.25, -0.2) is 9.59 Å². The molecule has 2 rings (SSSR count). The summed E-state index contributed by atoms with van der Waals surface area (Å²) in [6.45, 7) is 5.79. The van der Waals surface area contributed by atoms with E-state index in [2.05, 4.69) is 10.6 Å². The average molecular weight is 393 g/mol. The van der Waals surface area contributed by atoms with E-state index in [-0.39, 0.29) is 29.8 Å². The second kappa shape index (κ2) is 9.40. The number of nitrogens with one attached hydrogen (secondary N) is 2. The number of hydrogen-bond donors (Lipinski definition) is 2. The van der Waals surface area contributed by atoms with Crippen LogP contribution < -0.4 is 10.6 Å². The van der Waals surface area contributed by atoms with Crippen LogP contribution in [0.4, 0.5) is 4.79 Å². The van der Waals surface area contributed by atoms with E-state index in [1.54, 1.807) is 24.3 Å². The predicted octanol–water partition coefficient (Wildman–Crippen LogP) is 1.40. The van der Waals surface area contributed by atoms with E-state index in [9.17, 15) is 19.2 Å². The van der Waals surface area contributed by atoms with Crippen LogP contribution in [0.15, 0.2) is 29.2 Å². The molecule has 0 aromatic heterocycles. The fourth-order valence-corrected chi connectivity index (χ4v) is 3.30. The molecular weight excluding hydrogens is 370 g/mol. The molecule has 1 heterocycles. The van der Waals surface area contributed by atoms with Gasteiger partial charge in [0, 0.05) is 24.0 Å². The zero-order chi connectivity index (χ0) is 20.0. The van der Waals surface area contributed by atoms with Gasteiger partial charge in [0.05, 0.1) is 11.3 Å². The van der Waals surface area contributed by atoms with E-state index < -0.39 is 24.0 Å². The summed E-state index contributed by atoms with van der Waals surface area (Å²) >= 11 is 1.21. The van der Waals surface area contributed by atoms with Gasteiger partial charge >= 0.3 is 12.0 Å². The van der Waals surface area contributed by atoms with Crippen LogP contribution in [0.3, 0.4) is 0 Å². The second-order valence-corrected chi connectivity index (χ2v) is 7.29. The Morgan fingerprint density at radius 2 is 1.96 bits per heavy atom. The SMILES string of the molecule is CC(C)NC(=O)CSc1ccccc1C(=O)O[C@@H](C)C(=O)N1CCNC1=O. The highest BCUT2D eigenvalue weighted by molar-refractivity contribution is 8.00. The van der Waals surface area contributed by atoms with Gasteiger partial charge in [0.15, 0.2) is 6.10 Å². The molecule has 8 nitrogen and oxygen atoms in total. The van der Waals surface area contributed by atoms with Crippen LogP contribution in [0.1, 0.15) is 31.1 Å². The first-order chi connectivity index (χ1) is 12.8. The standard InChI is InChI=1S/C18H23N3O5S/c1-11(2)20-15(22)10-27-14-7-5-4-6-13(14)17(24)26-12(3)16(23)21-9-8-19-18(21)25/h4-7,11-12H,8-10H2,1-3H3,(H,19,25)(H,20,22)/t12-/m0/s1. The Balaban J connectivity index is 2.00. The number of urea groups is 1. The Morgan fingerprint density at radius 1 is 1.26 bits per heavy atom. The number of ether oxygens (including phenoxy) is 1. The van der Waals surface area contributed by atoms with Gasteiger partial charge in [-0.1, -0.05) is 12.1 Å². The van der Waals surface area contributed by atoms with Crippen LogP contribution in [0.5, 0.6) is 0 Å². The first-order valence-electron chi connectivity index (χ1n) is 8.61. The summed E-state index contributed by atoms with van der Waals surface area (Å²) in [5.74, 6) is -1.23. The van der Waals surface area contributed by atoms with E-state index in [4.69, 9.17) is 4.74 Å². The normalized spacial score (nSPS) is 14.7. The molecule has 9 heteroatoms. The number of rotatable bonds is 7. The lowest BCUT2D eigenvalue weighted by molar-refractivity contribution is -0.136. The molecule has 0 aliphatic carbocycles. The molecule has 1 aliphatic heterocycles. The number of carbonyl (C=O) groups excluding carboxylic acids is 4. The third kappa shape index (κ3) is 5.72. The Bertz CT molecular complexity index is 737. The smallest absolute Gasteiger partial charge is 0.340 e. The van der Waals surface area contributed by atoms with Crippen molar-refractivity contribution >= 4 is 35.6 Å². The van der Waals surface area contributed by atoms with Crippen LogP contribution >= 0.6 is 11.8 Å². The van der Waals surface area contributed by atoms with Gasteiger partial charge in [-0.2, -0.15) is 0 Å². The molecule has 2 N–H and O–H groups in total. The summed E-state index contributed by atoms with van der Waals surface area (Å²) in [4.78, 5) is 49.7. The van der Waals surface area contributed by atoms with Crippen molar-refractivity contribution in [2.45, 2.75) is 37.8 Å². The van der Waals surface area contributed by atoms with E-state index in [0.29, 0.717) is 11.4 Å². The van der Waals surface area contributed by atoms with Gasteiger partial charge in [-0.15, -0.1) is 11.8 Å². The molecule has 1 atom stereocenters. The predicted molar refractivity (Wildman–Crippen MR) is 100 cm³/mol. The minimum atomic E-state index is -1.09. The maximum absolute atomic E-state index is 12.5. The van der Waals surface area contributed by atoms with Gasteiger partial charge in [0.2, 0.25) is 5.91 Å². The van der Waals surface area contributed by atoms with E-state index in [1.807, 2.05) is 13.8 Å². The van der Waals surface area contributed by atoms with Crippen molar-refractivity contribution < 1.29 is 23.9 Å². The molecule has 27 heavy (non-hydrogen) atoms. The third-order valence-corrected chi connectivity index (χ3v) is 4.74. The summed E-state index contributed by atoms with van der Waals surface area (Å²) in [5, 5.41) is 5.30. The largest absolute Gasteiger partial charge is 0.449 e. The molecule has 1 aliphatic rings. The van der Waals surface area contributed by atoms with Crippen molar-refractivity contribution in [3.05, 3.63) is 29.8 Å². The fourth-order valence-electron chi connectivity index (χ4n) is 2.44. The van der Waals surface area contributed by atoms with Gasteiger partial charge in [-0.3, -0.25) is 14.5 Å². The van der Waals surface area contributed by atoms with Crippen LogP contribution in [0.25, 0.3) is 0 Å². The van der Waals surface area contributed by atoms with Gasteiger partial charge in [-0.05, 0) is 32.9 Å². The molecule has 0 unspecified atom stereocenters. The number of benzene rings is 1. The lowest BCUT2D eigenvalue weighted by Gasteiger charge is -2.18. The minimum absolute atomic E-state index is 0.0351. The Kier molecular flexibility index (Phi) is 7.23. The van der Waals surface area contributed by atoms with Crippen LogP contribution in [0.2, 0.25) is 0 Å². The summed E-state index contributed by atoms with van der Waals surface area (Å²) in [6, 6.07) is 6.26. The molecule has 0 saturated carbocycles. The fraction of sp³-hybridized carbons (Fsp3) is 0.444. The van der Waals surface area contributed by atoms with E-state index in [1.165, 1.54) is 18.7 Å².